The zero-order valence-electron chi connectivity index (χ0n) is 16.0. The second-order valence-electron chi connectivity index (χ2n) is 8.39. The van der Waals surface area contributed by atoms with E-state index in [9.17, 15) is 19.1 Å². The van der Waals surface area contributed by atoms with Gasteiger partial charge in [-0.1, -0.05) is 29.3 Å². The second kappa shape index (κ2) is 7.75. The van der Waals surface area contributed by atoms with Crippen LogP contribution in [0.2, 0.25) is 10.0 Å². The van der Waals surface area contributed by atoms with E-state index in [4.69, 9.17) is 27.9 Å². The van der Waals surface area contributed by atoms with E-state index in [1.165, 1.54) is 18.2 Å². The van der Waals surface area contributed by atoms with Crippen LogP contribution < -0.4 is 10.1 Å². The van der Waals surface area contributed by atoms with E-state index in [0.29, 0.717) is 17.0 Å². The first-order valence-electron chi connectivity index (χ1n) is 9.56. The molecule has 3 aliphatic rings. The fourth-order valence-electron chi connectivity index (χ4n) is 4.75. The molecule has 2 aromatic carbocycles. The molecule has 2 aromatic rings. The van der Waals surface area contributed by atoms with Crippen molar-refractivity contribution in [2.45, 2.75) is 37.6 Å². The van der Waals surface area contributed by atoms with Gasteiger partial charge in [-0.3, -0.25) is 9.59 Å². The van der Waals surface area contributed by atoms with Gasteiger partial charge in [0, 0.05) is 35.0 Å². The van der Waals surface area contributed by atoms with Crippen LogP contribution in [0.1, 0.15) is 31.2 Å². The number of benzene rings is 2. The van der Waals surface area contributed by atoms with Gasteiger partial charge in [-0.25, -0.2) is 4.39 Å². The Bertz CT molecular complexity index is 1010. The smallest absolute Gasteiger partial charge is 0.258 e. The van der Waals surface area contributed by atoms with Gasteiger partial charge < -0.3 is 15.2 Å². The minimum absolute atomic E-state index is 0.00760. The second-order valence-corrected chi connectivity index (χ2v) is 9.23. The van der Waals surface area contributed by atoms with Crippen LogP contribution in [0.25, 0.3) is 0 Å². The summed E-state index contributed by atoms with van der Waals surface area (Å²) < 4.78 is 18.7. The average molecular weight is 452 g/mol. The van der Waals surface area contributed by atoms with Crippen LogP contribution >= 0.6 is 23.2 Å². The summed E-state index contributed by atoms with van der Waals surface area (Å²) in [6.45, 7) is -0.218. The number of hydrogen-bond donors (Lipinski definition) is 2. The van der Waals surface area contributed by atoms with Gasteiger partial charge in [-0.05, 0) is 48.9 Å². The van der Waals surface area contributed by atoms with Gasteiger partial charge in [0.1, 0.15) is 23.1 Å². The summed E-state index contributed by atoms with van der Waals surface area (Å²) in [5.74, 6) is -0.571. The zero-order valence-corrected chi connectivity index (χ0v) is 17.5. The molecule has 3 saturated carbocycles. The Morgan fingerprint density at radius 3 is 2.53 bits per heavy atom. The molecule has 0 aromatic heterocycles. The molecule has 0 atom stereocenters. The van der Waals surface area contributed by atoms with E-state index in [2.05, 4.69) is 5.32 Å². The molecule has 0 radical (unpaired) electrons. The maximum atomic E-state index is 13.4. The molecule has 0 spiro atoms. The zero-order chi connectivity index (χ0) is 21.5. The van der Waals surface area contributed by atoms with Crippen molar-refractivity contribution in [3.05, 3.63) is 57.8 Å². The normalized spacial score (nSPS) is 23.8. The van der Waals surface area contributed by atoms with Crippen LogP contribution in [0.15, 0.2) is 36.4 Å². The summed E-state index contributed by atoms with van der Waals surface area (Å²) >= 11 is 11.4. The van der Waals surface area contributed by atoms with Gasteiger partial charge in [-0.2, -0.15) is 0 Å². The lowest BCUT2D eigenvalue weighted by Crippen LogP contribution is -2.75. The van der Waals surface area contributed by atoms with Crippen LogP contribution in [0.5, 0.6) is 11.5 Å². The van der Waals surface area contributed by atoms with Crippen LogP contribution in [0, 0.1) is 11.2 Å². The SMILES string of the molecule is O=C(Cc1ccc(Cl)cc1O)CC12CC(NC(=O)COc3ccc(Cl)c(F)c3)(C1)C2. The summed E-state index contributed by atoms with van der Waals surface area (Å²) in [5.41, 5.74) is 0.232. The Hall–Kier alpha value is -2.31. The molecular formula is C22H20Cl2FNO4. The number of carbonyl (C=O) groups is 2. The lowest BCUT2D eigenvalue weighted by atomic mass is 9.38. The minimum atomic E-state index is -0.604. The molecule has 0 aliphatic heterocycles. The Kier molecular flexibility index (Phi) is 5.41. The van der Waals surface area contributed by atoms with Crippen molar-refractivity contribution in [3.63, 3.8) is 0 Å². The lowest BCUT2D eigenvalue weighted by molar-refractivity contribution is -0.172. The van der Waals surface area contributed by atoms with Crippen molar-refractivity contribution in [1.29, 1.82) is 0 Å². The molecule has 0 unspecified atom stereocenters. The Morgan fingerprint density at radius 2 is 1.87 bits per heavy atom. The van der Waals surface area contributed by atoms with Gasteiger partial charge in [0.25, 0.3) is 5.91 Å². The van der Waals surface area contributed by atoms with E-state index >= 15 is 0 Å². The number of amides is 1. The minimum Gasteiger partial charge on any atom is -0.508 e. The van der Waals surface area contributed by atoms with Crippen LogP contribution in [-0.2, 0) is 16.0 Å². The quantitative estimate of drug-likeness (QED) is 0.621. The third-order valence-electron chi connectivity index (χ3n) is 5.81. The first-order chi connectivity index (χ1) is 14.2. The van der Waals surface area contributed by atoms with E-state index < -0.39 is 5.82 Å². The van der Waals surface area contributed by atoms with E-state index in [-0.39, 0.29) is 52.2 Å². The molecule has 3 fully saturated rings. The number of phenolic OH excluding ortho intramolecular Hbond substituents is 1. The van der Waals surface area contributed by atoms with Crippen LogP contribution in [0.4, 0.5) is 4.39 Å². The molecular weight excluding hydrogens is 432 g/mol. The molecule has 158 valence electrons. The maximum absolute atomic E-state index is 13.4. The highest BCUT2D eigenvalue weighted by atomic mass is 35.5. The largest absolute Gasteiger partial charge is 0.508 e. The number of phenols is 1. The number of ether oxygens (including phenoxy) is 1. The predicted molar refractivity (Wildman–Crippen MR) is 111 cm³/mol. The van der Waals surface area contributed by atoms with E-state index in [0.717, 1.165) is 25.3 Å². The predicted octanol–water partition coefficient (Wildman–Crippen LogP) is 4.46. The summed E-state index contributed by atoms with van der Waals surface area (Å²) in [7, 11) is 0. The van der Waals surface area contributed by atoms with Crippen LogP contribution in [0.3, 0.4) is 0 Å². The van der Waals surface area contributed by atoms with Gasteiger partial charge in [0.2, 0.25) is 0 Å². The highest BCUT2D eigenvalue weighted by Gasteiger charge is 2.68. The van der Waals surface area contributed by atoms with Crippen molar-refractivity contribution in [2.24, 2.45) is 5.41 Å². The molecule has 0 saturated heterocycles. The number of aromatic hydroxyl groups is 1. The highest BCUT2D eigenvalue weighted by molar-refractivity contribution is 6.31. The van der Waals surface area contributed by atoms with Gasteiger partial charge in [0.05, 0.1) is 5.02 Å². The molecule has 5 rings (SSSR count). The van der Waals surface area contributed by atoms with Crippen molar-refractivity contribution < 1.29 is 23.8 Å². The van der Waals surface area contributed by atoms with Crippen molar-refractivity contribution >= 4 is 34.9 Å². The number of rotatable bonds is 8. The first kappa shape index (κ1) is 20.9. The van der Waals surface area contributed by atoms with Crippen molar-refractivity contribution in [1.82, 2.24) is 5.32 Å². The summed E-state index contributed by atoms with van der Waals surface area (Å²) in [6, 6.07) is 8.74. The number of halogens is 3. The first-order valence-corrected chi connectivity index (χ1v) is 10.3. The van der Waals surface area contributed by atoms with Crippen molar-refractivity contribution in [2.75, 3.05) is 6.61 Å². The molecule has 2 N–H and O–H groups in total. The fourth-order valence-corrected chi connectivity index (χ4v) is 5.03. The van der Waals surface area contributed by atoms with Crippen LogP contribution in [-0.4, -0.2) is 28.9 Å². The van der Waals surface area contributed by atoms with Gasteiger partial charge in [0.15, 0.2) is 6.61 Å². The average Bonchev–Trinajstić information content (AvgIpc) is 2.62. The maximum Gasteiger partial charge on any atom is 0.258 e. The van der Waals surface area contributed by atoms with Gasteiger partial charge in [-0.15, -0.1) is 0 Å². The molecule has 1 amide bonds. The number of carbonyl (C=O) groups excluding carboxylic acids is 2. The number of nitrogens with one attached hydrogen (secondary N) is 1. The third kappa shape index (κ3) is 4.25. The number of ketones is 1. The third-order valence-corrected chi connectivity index (χ3v) is 6.35. The molecule has 30 heavy (non-hydrogen) atoms. The van der Waals surface area contributed by atoms with E-state index in [1.807, 2.05) is 0 Å². The molecule has 2 bridgehead atoms. The fraction of sp³-hybridized carbons (Fsp3) is 0.364. The number of Topliss-reactive ketones (excluding diaryl/α,β-unsaturated/α-hetero) is 1. The number of hydrogen-bond acceptors (Lipinski definition) is 4. The van der Waals surface area contributed by atoms with E-state index in [1.54, 1.807) is 12.1 Å². The lowest BCUT2D eigenvalue weighted by Gasteiger charge is -2.70. The summed E-state index contributed by atoms with van der Waals surface area (Å²) in [4.78, 5) is 24.6. The highest BCUT2D eigenvalue weighted by Crippen LogP contribution is 2.69. The Labute approximate surface area is 183 Å². The summed E-state index contributed by atoms with van der Waals surface area (Å²) in [6.07, 6.45) is 2.84. The van der Waals surface area contributed by atoms with Crippen molar-refractivity contribution in [3.8, 4) is 11.5 Å². The molecule has 3 aliphatic carbocycles. The Balaban J connectivity index is 1.22. The molecule has 8 heteroatoms. The monoisotopic (exact) mass is 451 g/mol. The summed E-state index contributed by atoms with van der Waals surface area (Å²) in [5, 5.41) is 13.3. The Morgan fingerprint density at radius 1 is 1.13 bits per heavy atom. The molecule has 0 heterocycles. The standard InChI is InChI=1S/C22H20Cl2FNO4/c23-14-2-1-13(19(28)6-14)5-15(27)8-21-10-22(11-21,12-21)26-20(29)9-30-16-3-4-17(24)18(25)7-16/h1-4,6-7,28H,5,8-12H2,(H,26,29). The topological polar surface area (TPSA) is 75.6 Å². The van der Waals surface area contributed by atoms with Gasteiger partial charge >= 0.3 is 0 Å². The molecule has 5 nitrogen and oxygen atoms in total.